The van der Waals surface area contributed by atoms with Crippen LogP contribution in [0.5, 0.6) is 5.88 Å². The zero-order valence-electron chi connectivity index (χ0n) is 10.6. The molecule has 0 radical (unpaired) electrons. The average Bonchev–Trinajstić information content (AvgIpc) is 2.48. The van der Waals surface area contributed by atoms with Gasteiger partial charge in [0.05, 0.1) is 6.20 Å². The summed E-state index contributed by atoms with van der Waals surface area (Å²) in [4.78, 5) is 19.9. The molecule has 0 spiro atoms. The first-order valence-electron chi connectivity index (χ1n) is 6.08. The molecule has 0 saturated heterocycles. The lowest BCUT2D eigenvalue weighted by Crippen LogP contribution is -2.38. The lowest BCUT2D eigenvalue weighted by molar-refractivity contribution is 0.0814. The maximum absolute atomic E-state index is 12.0. The monoisotopic (exact) mass is 257 g/mol. The molecule has 2 aromatic rings. The summed E-state index contributed by atoms with van der Waals surface area (Å²) in [5, 5.41) is 2.80. The summed E-state index contributed by atoms with van der Waals surface area (Å²) in [6.45, 7) is 1.92. The summed E-state index contributed by atoms with van der Waals surface area (Å²) in [6.07, 6.45) is 4.83. The van der Waals surface area contributed by atoms with Crippen LogP contribution in [0.3, 0.4) is 0 Å². The standard InChI is InChI=1S/C14H15N3O2/c1-2-12(19-13-10-15-8-9-16-13)17-14(18)11-6-4-3-5-7-11/h3-10,12H,2H2,1H3,(H,17,18). The molecule has 1 atom stereocenters. The average molecular weight is 257 g/mol. The third-order valence-corrected chi connectivity index (χ3v) is 2.50. The molecule has 1 aromatic carbocycles. The Morgan fingerprint density at radius 1 is 1.32 bits per heavy atom. The topological polar surface area (TPSA) is 64.1 Å². The highest BCUT2D eigenvalue weighted by Crippen LogP contribution is 2.06. The van der Waals surface area contributed by atoms with Gasteiger partial charge in [0.25, 0.3) is 5.91 Å². The second-order valence-corrected chi connectivity index (χ2v) is 3.90. The van der Waals surface area contributed by atoms with E-state index >= 15 is 0 Å². The number of hydrogen-bond donors (Lipinski definition) is 1. The molecule has 19 heavy (non-hydrogen) atoms. The van der Waals surface area contributed by atoms with Gasteiger partial charge in [-0.25, -0.2) is 4.98 Å². The number of carbonyl (C=O) groups is 1. The molecule has 5 heteroatoms. The van der Waals surface area contributed by atoms with Gasteiger partial charge in [-0.15, -0.1) is 0 Å². The summed E-state index contributed by atoms with van der Waals surface area (Å²) in [6, 6.07) is 9.01. The minimum Gasteiger partial charge on any atom is -0.453 e. The van der Waals surface area contributed by atoms with Crippen LogP contribution in [0.4, 0.5) is 0 Å². The fourth-order valence-electron chi connectivity index (χ4n) is 1.53. The van der Waals surface area contributed by atoms with Crippen LogP contribution in [-0.2, 0) is 0 Å². The zero-order valence-corrected chi connectivity index (χ0v) is 10.6. The summed E-state index contributed by atoms with van der Waals surface area (Å²) in [7, 11) is 0. The Kier molecular flexibility index (Phi) is 4.44. The number of hydrogen-bond acceptors (Lipinski definition) is 4. The SMILES string of the molecule is CCC(NC(=O)c1ccccc1)Oc1cnccn1. The molecule has 5 nitrogen and oxygen atoms in total. The van der Waals surface area contributed by atoms with Crippen molar-refractivity contribution >= 4 is 5.91 Å². The molecular formula is C14H15N3O2. The molecule has 1 amide bonds. The van der Waals surface area contributed by atoms with Crippen LogP contribution in [0.25, 0.3) is 0 Å². The third kappa shape index (κ3) is 3.77. The van der Waals surface area contributed by atoms with Crippen molar-refractivity contribution in [2.45, 2.75) is 19.6 Å². The summed E-state index contributed by atoms with van der Waals surface area (Å²) in [5.74, 6) is 0.221. The van der Waals surface area contributed by atoms with Crippen molar-refractivity contribution in [2.75, 3.05) is 0 Å². The van der Waals surface area contributed by atoms with Gasteiger partial charge in [0.1, 0.15) is 0 Å². The molecule has 98 valence electrons. The number of nitrogens with zero attached hydrogens (tertiary/aromatic N) is 2. The molecule has 1 unspecified atom stereocenters. The van der Waals surface area contributed by atoms with E-state index in [1.54, 1.807) is 24.5 Å². The second-order valence-electron chi connectivity index (χ2n) is 3.90. The number of rotatable bonds is 5. The fourth-order valence-corrected chi connectivity index (χ4v) is 1.53. The van der Waals surface area contributed by atoms with Crippen LogP contribution < -0.4 is 10.1 Å². The quantitative estimate of drug-likeness (QED) is 0.832. The molecular weight excluding hydrogens is 242 g/mol. The first-order valence-corrected chi connectivity index (χ1v) is 6.08. The van der Waals surface area contributed by atoms with E-state index in [1.807, 2.05) is 25.1 Å². The Morgan fingerprint density at radius 3 is 2.74 bits per heavy atom. The van der Waals surface area contributed by atoms with Crippen LogP contribution in [0.15, 0.2) is 48.9 Å². The van der Waals surface area contributed by atoms with Crippen LogP contribution >= 0.6 is 0 Å². The van der Waals surface area contributed by atoms with Crippen molar-refractivity contribution in [3.63, 3.8) is 0 Å². The third-order valence-electron chi connectivity index (χ3n) is 2.50. The van der Waals surface area contributed by atoms with E-state index in [-0.39, 0.29) is 5.91 Å². The Bertz CT molecular complexity index is 517. The number of carbonyl (C=O) groups excluding carboxylic acids is 1. The van der Waals surface area contributed by atoms with Gasteiger partial charge >= 0.3 is 0 Å². The van der Waals surface area contributed by atoms with Gasteiger partial charge in [-0.2, -0.15) is 0 Å². The Morgan fingerprint density at radius 2 is 2.11 bits per heavy atom. The van der Waals surface area contributed by atoms with Crippen LogP contribution in [0.2, 0.25) is 0 Å². The van der Waals surface area contributed by atoms with Crippen molar-refractivity contribution in [1.29, 1.82) is 0 Å². The highest BCUT2D eigenvalue weighted by Gasteiger charge is 2.13. The first kappa shape index (κ1) is 13.0. The van der Waals surface area contributed by atoms with E-state index in [1.165, 1.54) is 6.20 Å². The molecule has 0 aliphatic heterocycles. The molecule has 2 rings (SSSR count). The maximum Gasteiger partial charge on any atom is 0.254 e. The summed E-state index contributed by atoms with van der Waals surface area (Å²) >= 11 is 0. The van der Waals surface area contributed by atoms with Crippen molar-refractivity contribution < 1.29 is 9.53 Å². The van der Waals surface area contributed by atoms with E-state index in [0.717, 1.165) is 0 Å². The minimum atomic E-state index is -0.426. The largest absolute Gasteiger partial charge is 0.453 e. The number of nitrogens with one attached hydrogen (secondary N) is 1. The van der Waals surface area contributed by atoms with E-state index in [2.05, 4.69) is 15.3 Å². The van der Waals surface area contributed by atoms with Gasteiger partial charge in [-0.1, -0.05) is 25.1 Å². The van der Waals surface area contributed by atoms with E-state index in [0.29, 0.717) is 17.9 Å². The molecule has 0 aliphatic carbocycles. The van der Waals surface area contributed by atoms with Gasteiger partial charge in [-0.05, 0) is 12.1 Å². The van der Waals surface area contributed by atoms with Crippen molar-refractivity contribution in [2.24, 2.45) is 0 Å². The van der Waals surface area contributed by atoms with Crippen LogP contribution in [0.1, 0.15) is 23.7 Å². The summed E-state index contributed by atoms with van der Waals surface area (Å²) < 4.78 is 5.55. The Balaban J connectivity index is 1.98. The molecule has 1 heterocycles. The van der Waals surface area contributed by atoms with Gasteiger partial charge in [0, 0.05) is 24.4 Å². The van der Waals surface area contributed by atoms with Gasteiger partial charge in [0.15, 0.2) is 6.23 Å². The predicted molar refractivity (Wildman–Crippen MR) is 70.6 cm³/mol. The molecule has 0 aliphatic rings. The minimum absolute atomic E-state index is 0.170. The van der Waals surface area contributed by atoms with Crippen LogP contribution in [0, 0.1) is 0 Å². The van der Waals surface area contributed by atoms with E-state index in [9.17, 15) is 4.79 Å². The van der Waals surface area contributed by atoms with Gasteiger partial charge in [-0.3, -0.25) is 9.78 Å². The highest BCUT2D eigenvalue weighted by molar-refractivity contribution is 5.94. The number of benzene rings is 1. The smallest absolute Gasteiger partial charge is 0.254 e. The normalized spacial score (nSPS) is 11.6. The summed E-state index contributed by atoms with van der Waals surface area (Å²) in [5.41, 5.74) is 0.601. The van der Waals surface area contributed by atoms with E-state index in [4.69, 9.17) is 4.74 Å². The lowest BCUT2D eigenvalue weighted by atomic mass is 10.2. The molecule has 1 aromatic heterocycles. The van der Waals surface area contributed by atoms with Crippen LogP contribution in [-0.4, -0.2) is 22.1 Å². The Labute approximate surface area is 111 Å². The van der Waals surface area contributed by atoms with E-state index < -0.39 is 6.23 Å². The number of amides is 1. The Hall–Kier alpha value is -2.43. The molecule has 0 saturated carbocycles. The highest BCUT2D eigenvalue weighted by atomic mass is 16.5. The maximum atomic E-state index is 12.0. The van der Waals surface area contributed by atoms with Crippen molar-refractivity contribution in [3.8, 4) is 5.88 Å². The zero-order chi connectivity index (χ0) is 13.5. The molecule has 0 fully saturated rings. The van der Waals surface area contributed by atoms with Gasteiger partial charge < -0.3 is 10.1 Å². The lowest BCUT2D eigenvalue weighted by Gasteiger charge is -2.17. The molecule has 1 N–H and O–H groups in total. The fraction of sp³-hybridized carbons (Fsp3) is 0.214. The van der Waals surface area contributed by atoms with Crippen molar-refractivity contribution in [1.82, 2.24) is 15.3 Å². The number of aromatic nitrogens is 2. The van der Waals surface area contributed by atoms with Crippen molar-refractivity contribution in [3.05, 3.63) is 54.5 Å². The molecule has 0 bridgehead atoms. The second kappa shape index (κ2) is 6.49. The number of ether oxygens (including phenoxy) is 1. The van der Waals surface area contributed by atoms with Gasteiger partial charge in [0.2, 0.25) is 5.88 Å². The predicted octanol–water partition coefficient (Wildman–Crippen LogP) is 2.02. The first-order chi connectivity index (χ1) is 9.29.